The number of thiazole rings is 1. The molecule has 1 aromatic rings. The molecular formula is C24H43NO2SSi. The van der Waals surface area contributed by atoms with Crippen LogP contribution in [-0.4, -0.2) is 31.1 Å². The lowest BCUT2D eigenvalue weighted by Gasteiger charge is -2.39. The molecule has 2 atom stereocenters. The van der Waals surface area contributed by atoms with E-state index >= 15 is 0 Å². The maximum absolute atomic E-state index is 9.20. The van der Waals surface area contributed by atoms with Crippen molar-refractivity contribution in [3.8, 4) is 0 Å². The molecule has 0 saturated heterocycles. The number of aliphatic hydroxyl groups is 1. The number of hydrogen-bond acceptors (Lipinski definition) is 4. The van der Waals surface area contributed by atoms with Crippen LogP contribution in [-0.2, 0) is 4.43 Å². The lowest BCUT2D eigenvalue weighted by atomic mass is 10.0. The molecule has 5 heteroatoms. The number of aryl methyl sites for hydroxylation is 1. The third-order valence-electron chi connectivity index (χ3n) is 6.02. The molecule has 0 bridgehead atoms. The van der Waals surface area contributed by atoms with Crippen LogP contribution in [0.5, 0.6) is 0 Å². The number of hydrogen-bond donors (Lipinski definition) is 1. The summed E-state index contributed by atoms with van der Waals surface area (Å²) in [6.07, 6.45) is 8.82. The quantitative estimate of drug-likeness (QED) is 0.290. The van der Waals surface area contributed by atoms with Gasteiger partial charge in [-0.05, 0) is 82.2 Å². The normalized spacial score (nSPS) is 16.2. The van der Waals surface area contributed by atoms with Crippen LogP contribution < -0.4 is 0 Å². The van der Waals surface area contributed by atoms with E-state index in [-0.39, 0.29) is 17.7 Å². The van der Waals surface area contributed by atoms with Gasteiger partial charge in [0.15, 0.2) is 8.32 Å². The van der Waals surface area contributed by atoms with Crippen LogP contribution in [0.3, 0.4) is 0 Å². The van der Waals surface area contributed by atoms with Crippen molar-refractivity contribution in [2.45, 2.75) is 98.4 Å². The highest BCUT2D eigenvalue weighted by atomic mass is 32.1. The SMILES string of the molecule is C/C(=C/c1csc(C)n1)C(C/C=C(\C)CCC[C@H](C)CO)O[Si](C)(C)C(C)(C)C. The minimum absolute atomic E-state index is 0.0872. The molecule has 0 aromatic carbocycles. The average Bonchev–Trinajstić information content (AvgIpc) is 3.01. The zero-order valence-electron chi connectivity index (χ0n) is 20.1. The van der Waals surface area contributed by atoms with Crippen LogP contribution in [0.25, 0.3) is 6.08 Å². The van der Waals surface area contributed by atoms with Gasteiger partial charge < -0.3 is 9.53 Å². The topological polar surface area (TPSA) is 42.4 Å². The second-order valence-corrected chi connectivity index (χ2v) is 15.8. The molecule has 0 aliphatic carbocycles. The largest absolute Gasteiger partial charge is 0.410 e. The van der Waals surface area contributed by atoms with Gasteiger partial charge in [0, 0.05) is 12.0 Å². The summed E-state index contributed by atoms with van der Waals surface area (Å²) in [5.41, 5.74) is 3.70. The summed E-state index contributed by atoms with van der Waals surface area (Å²) < 4.78 is 6.82. The van der Waals surface area contributed by atoms with Crippen molar-refractivity contribution < 1.29 is 9.53 Å². The predicted molar refractivity (Wildman–Crippen MR) is 131 cm³/mol. The van der Waals surface area contributed by atoms with Gasteiger partial charge in [0.2, 0.25) is 0 Å². The third-order valence-corrected chi connectivity index (χ3v) is 11.3. The smallest absolute Gasteiger partial charge is 0.192 e. The molecule has 3 nitrogen and oxygen atoms in total. The van der Waals surface area contributed by atoms with Crippen molar-refractivity contribution in [2.24, 2.45) is 5.92 Å². The lowest BCUT2D eigenvalue weighted by molar-refractivity contribution is 0.217. The molecule has 1 aromatic heterocycles. The molecule has 0 aliphatic heterocycles. The van der Waals surface area contributed by atoms with E-state index in [0.29, 0.717) is 5.92 Å². The Labute approximate surface area is 184 Å². The van der Waals surface area contributed by atoms with Crippen LogP contribution in [0.15, 0.2) is 22.6 Å². The molecule has 1 N–H and O–H groups in total. The molecule has 1 unspecified atom stereocenters. The van der Waals surface area contributed by atoms with E-state index in [0.717, 1.165) is 36.4 Å². The van der Waals surface area contributed by atoms with Gasteiger partial charge in [0.1, 0.15) is 0 Å². The number of rotatable bonds is 11. The predicted octanol–water partition coefficient (Wildman–Crippen LogP) is 7.38. The average molecular weight is 438 g/mol. The fraction of sp³-hybridized carbons (Fsp3) is 0.708. The first-order chi connectivity index (χ1) is 13.4. The Morgan fingerprint density at radius 1 is 1.31 bits per heavy atom. The number of nitrogens with zero attached hydrogens (tertiary/aromatic N) is 1. The Morgan fingerprint density at radius 2 is 1.97 bits per heavy atom. The van der Waals surface area contributed by atoms with E-state index < -0.39 is 8.32 Å². The molecule has 0 saturated carbocycles. The van der Waals surface area contributed by atoms with E-state index in [4.69, 9.17) is 4.43 Å². The highest BCUT2D eigenvalue weighted by Crippen LogP contribution is 2.38. The Bertz CT molecular complexity index is 685. The monoisotopic (exact) mass is 437 g/mol. The maximum Gasteiger partial charge on any atom is 0.192 e. The summed E-state index contributed by atoms with van der Waals surface area (Å²) in [6.45, 7) is 20.4. The first-order valence-electron chi connectivity index (χ1n) is 10.9. The molecule has 0 aliphatic rings. The molecular weight excluding hydrogens is 394 g/mol. The number of allylic oxidation sites excluding steroid dienone is 1. The summed E-state index contributed by atoms with van der Waals surface area (Å²) >= 11 is 1.69. The molecule has 0 fully saturated rings. The molecule has 1 heterocycles. The summed E-state index contributed by atoms with van der Waals surface area (Å²) in [5, 5.41) is 12.6. The zero-order valence-corrected chi connectivity index (χ0v) is 21.9. The molecule has 0 radical (unpaired) electrons. The van der Waals surface area contributed by atoms with Crippen molar-refractivity contribution in [3.63, 3.8) is 0 Å². The van der Waals surface area contributed by atoms with Gasteiger partial charge in [-0.2, -0.15) is 0 Å². The van der Waals surface area contributed by atoms with Gasteiger partial charge in [-0.3, -0.25) is 0 Å². The van der Waals surface area contributed by atoms with Gasteiger partial charge >= 0.3 is 0 Å². The summed E-state index contributed by atoms with van der Waals surface area (Å²) in [5.74, 6) is 0.393. The number of aromatic nitrogens is 1. The second kappa shape index (κ2) is 11.6. The summed E-state index contributed by atoms with van der Waals surface area (Å²) in [6, 6.07) is 0. The first-order valence-corrected chi connectivity index (χ1v) is 14.7. The maximum atomic E-state index is 9.20. The minimum Gasteiger partial charge on any atom is -0.410 e. The van der Waals surface area contributed by atoms with Crippen LogP contribution in [0.2, 0.25) is 18.1 Å². The van der Waals surface area contributed by atoms with Gasteiger partial charge in [-0.1, -0.05) is 39.3 Å². The Balaban J connectivity index is 2.92. The van der Waals surface area contributed by atoms with Gasteiger partial charge in [0.05, 0.1) is 16.8 Å². The Morgan fingerprint density at radius 3 is 2.48 bits per heavy atom. The molecule has 166 valence electrons. The highest BCUT2D eigenvalue weighted by molar-refractivity contribution is 7.09. The Kier molecular flexibility index (Phi) is 10.5. The summed E-state index contributed by atoms with van der Waals surface area (Å²) in [4.78, 5) is 4.60. The molecule has 0 amide bonds. The van der Waals surface area contributed by atoms with E-state index in [9.17, 15) is 5.11 Å². The summed E-state index contributed by atoms with van der Waals surface area (Å²) in [7, 11) is -1.88. The van der Waals surface area contributed by atoms with Crippen molar-refractivity contribution in [1.82, 2.24) is 4.98 Å². The molecule has 1 rings (SSSR count). The van der Waals surface area contributed by atoms with Gasteiger partial charge in [0.25, 0.3) is 0 Å². The lowest BCUT2D eigenvalue weighted by Crippen LogP contribution is -2.44. The van der Waals surface area contributed by atoms with Crippen LogP contribution in [0, 0.1) is 12.8 Å². The van der Waals surface area contributed by atoms with Crippen molar-refractivity contribution in [1.29, 1.82) is 0 Å². The Hall–Kier alpha value is -0.753. The van der Waals surface area contributed by atoms with E-state index in [2.05, 4.69) is 77.2 Å². The van der Waals surface area contributed by atoms with Crippen LogP contribution in [0.1, 0.15) is 77.9 Å². The first kappa shape index (κ1) is 26.3. The minimum atomic E-state index is -1.88. The van der Waals surface area contributed by atoms with E-state index in [1.807, 2.05) is 6.92 Å². The molecule has 0 spiro atoms. The van der Waals surface area contributed by atoms with Gasteiger partial charge in [-0.25, -0.2) is 4.98 Å². The second-order valence-electron chi connectivity index (χ2n) is 10.0. The fourth-order valence-corrected chi connectivity index (χ4v) is 4.78. The van der Waals surface area contributed by atoms with E-state index in [1.165, 1.54) is 11.1 Å². The van der Waals surface area contributed by atoms with Crippen LogP contribution in [0.4, 0.5) is 0 Å². The van der Waals surface area contributed by atoms with Gasteiger partial charge in [-0.15, -0.1) is 11.3 Å². The van der Waals surface area contributed by atoms with Crippen molar-refractivity contribution in [2.75, 3.05) is 6.61 Å². The fourth-order valence-electron chi connectivity index (χ4n) is 2.86. The standard InChI is InChI=1S/C24H43NO2SSi/c1-18(11-10-12-19(2)16-26)13-14-23(27-29(8,9)24(5,6)7)20(3)15-22-17-28-21(4)25-22/h13,15,17,19,23,26H,10-12,14,16H2,1-9H3/b18-13+,20-15-/t19-,23?/m0/s1. The molecule has 29 heavy (non-hydrogen) atoms. The van der Waals surface area contributed by atoms with Crippen molar-refractivity contribution in [3.05, 3.63) is 33.3 Å². The highest BCUT2D eigenvalue weighted by Gasteiger charge is 2.39. The third kappa shape index (κ3) is 9.29. The zero-order chi connectivity index (χ0) is 22.2. The van der Waals surface area contributed by atoms with Crippen molar-refractivity contribution >= 4 is 25.7 Å². The van der Waals surface area contributed by atoms with Crippen LogP contribution >= 0.6 is 11.3 Å². The number of aliphatic hydroxyl groups excluding tert-OH is 1. The van der Waals surface area contributed by atoms with E-state index in [1.54, 1.807) is 11.3 Å².